The van der Waals surface area contributed by atoms with Crippen LogP contribution in [0.15, 0.2) is 53.9 Å². The summed E-state index contributed by atoms with van der Waals surface area (Å²) < 4.78 is 10.8. The Bertz CT molecular complexity index is 1070. The van der Waals surface area contributed by atoms with Crippen LogP contribution in [0.1, 0.15) is 6.42 Å². The molecule has 0 radical (unpaired) electrons. The molecule has 1 aromatic carbocycles. The van der Waals surface area contributed by atoms with Gasteiger partial charge in [-0.1, -0.05) is 0 Å². The van der Waals surface area contributed by atoms with Crippen molar-refractivity contribution in [3.8, 4) is 22.8 Å². The van der Waals surface area contributed by atoms with Gasteiger partial charge >= 0.3 is 0 Å². The molecule has 3 aromatic rings. The number of hydrogen-bond donors (Lipinski definition) is 1. The van der Waals surface area contributed by atoms with E-state index >= 15 is 0 Å². The molecule has 1 N–H and O–H groups in total. The number of aliphatic imine (C=N–C) groups is 1. The molecule has 154 valence electrons. The number of aromatic nitrogens is 3. The highest BCUT2D eigenvalue weighted by molar-refractivity contribution is 5.85. The van der Waals surface area contributed by atoms with E-state index in [1.54, 1.807) is 26.6 Å². The number of fused-ring (bicyclic) bond motifs is 1. The van der Waals surface area contributed by atoms with Crippen molar-refractivity contribution >= 4 is 23.2 Å². The molecule has 8 nitrogen and oxygen atoms in total. The van der Waals surface area contributed by atoms with Crippen LogP contribution in [0.3, 0.4) is 0 Å². The summed E-state index contributed by atoms with van der Waals surface area (Å²) in [5.41, 5.74) is 3.20. The van der Waals surface area contributed by atoms with Gasteiger partial charge in [0.15, 0.2) is 17.3 Å². The number of nitrogens with one attached hydrogen (secondary N) is 1. The topological polar surface area (TPSA) is 84.8 Å². The van der Waals surface area contributed by atoms with Crippen LogP contribution in [0.2, 0.25) is 0 Å². The number of hydrogen-bond acceptors (Lipinski definition) is 8. The monoisotopic (exact) mass is 404 g/mol. The minimum atomic E-state index is 0.623. The van der Waals surface area contributed by atoms with E-state index < -0.39 is 0 Å². The minimum Gasteiger partial charge on any atom is -0.493 e. The Morgan fingerprint density at radius 3 is 2.43 bits per heavy atom. The van der Waals surface area contributed by atoms with Crippen molar-refractivity contribution in [1.29, 1.82) is 0 Å². The largest absolute Gasteiger partial charge is 0.493 e. The van der Waals surface area contributed by atoms with E-state index in [0.29, 0.717) is 11.5 Å². The quantitative estimate of drug-likeness (QED) is 0.576. The Hall–Kier alpha value is -3.68. The molecule has 1 aliphatic heterocycles. The van der Waals surface area contributed by atoms with Crippen molar-refractivity contribution in [2.75, 3.05) is 39.2 Å². The van der Waals surface area contributed by atoms with Gasteiger partial charge in [-0.3, -0.25) is 4.98 Å². The number of pyridine rings is 1. The van der Waals surface area contributed by atoms with Gasteiger partial charge in [-0.2, -0.15) is 0 Å². The lowest BCUT2D eigenvalue weighted by Gasteiger charge is -2.19. The van der Waals surface area contributed by atoms with Crippen LogP contribution in [-0.2, 0) is 0 Å². The van der Waals surface area contributed by atoms with E-state index in [4.69, 9.17) is 19.4 Å². The maximum absolute atomic E-state index is 5.42. The normalized spacial score (nSPS) is 12.9. The molecule has 0 amide bonds. The fourth-order valence-corrected chi connectivity index (χ4v) is 3.28. The zero-order valence-corrected chi connectivity index (χ0v) is 17.1. The van der Waals surface area contributed by atoms with Gasteiger partial charge in [0.05, 0.1) is 31.6 Å². The zero-order valence-electron chi connectivity index (χ0n) is 17.1. The van der Waals surface area contributed by atoms with Crippen LogP contribution < -0.4 is 14.8 Å². The SMILES string of the molecule is COc1cc2nc(NCCCN3C=NC=CC3)c(-c3ccncc3)nc2cc1OC. The van der Waals surface area contributed by atoms with E-state index in [2.05, 4.69) is 20.2 Å². The molecule has 2 aromatic heterocycles. The first-order valence-corrected chi connectivity index (χ1v) is 9.79. The van der Waals surface area contributed by atoms with Gasteiger partial charge in [0.1, 0.15) is 5.69 Å². The molecule has 3 heterocycles. The van der Waals surface area contributed by atoms with E-state index in [1.165, 1.54) is 0 Å². The third kappa shape index (κ3) is 4.32. The van der Waals surface area contributed by atoms with E-state index in [9.17, 15) is 0 Å². The molecule has 0 spiro atoms. The predicted octanol–water partition coefficient (Wildman–Crippen LogP) is 3.37. The molecule has 4 rings (SSSR count). The van der Waals surface area contributed by atoms with Crippen molar-refractivity contribution in [3.63, 3.8) is 0 Å². The Kier molecular flexibility index (Phi) is 6.03. The Balaban J connectivity index is 1.61. The van der Waals surface area contributed by atoms with Gasteiger partial charge < -0.3 is 19.7 Å². The highest BCUT2D eigenvalue weighted by Crippen LogP contribution is 2.33. The molecule has 8 heteroatoms. The lowest BCUT2D eigenvalue weighted by molar-refractivity contribution is 0.355. The molecule has 0 saturated carbocycles. The molecular weight excluding hydrogens is 380 g/mol. The van der Waals surface area contributed by atoms with Gasteiger partial charge in [-0.15, -0.1) is 0 Å². The first-order valence-electron chi connectivity index (χ1n) is 9.79. The molecule has 1 aliphatic rings. The number of benzene rings is 1. The fraction of sp³-hybridized carbons (Fsp3) is 0.273. The average Bonchev–Trinajstić information content (AvgIpc) is 2.81. The van der Waals surface area contributed by atoms with Gasteiger partial charge in [0.25, 0.3) is 0 Å². The van der Waals surface area contributed by atoms with Crippen LogP contribution in [-0.4, -0.2) is 60.0 Å². The van der Waals surface area contributed by atoms with Crippen LogP contribution >= 0.6 is 0 Å². The second kappa shape index (κ2) is 9.21. The summed E-state index contributed by atoms with van der Waals surface area (Å²) in [4.78, 5) is 20.2. The van der Waals surface area contributed by atoms with Crippen LogP contribution in [0.5, 0.6) is 11.5 Å². The summed E-state index contributed by atoms with van der Waals surface area (Å²) >= 11 is 0. The average molecular weight is 404 g/mol. The molecule has 0 aliphatic carbocycles. The maximum atomic E-state index is 5.42. The van der Waals surface area contributed by atoms with Crippen LogP contribution in [0.4, 0.5) is 5.82 Å². The van der Waals surface area contributed by atoms with Gasteiger partial charge in [0.2, 0.25) is 0 Å². The molecule has 0 saturated heterocycles. The summed E-state index contributed by atoms with van der Waals surface area (Å²) in [6, 6.07) is 7.55. The smallest absolute Gasteiger partial charge is 0.163 e. The molecule has 0 bridgehead atoms. The lowest BCUT2D eigenvalue weighted by atomic mass is 10.1. The van der Waals surface area contributed by atoms with E-state index in [0.717, 1.165) is 54.2 Å². The number of methoxy groups -OCH3 is 2. The molecule has 0 fully saturated rings. The van der Waals surface area contributed by atoms with E-state index in [-0.39, 0.29) is 0 Å². The van der Waals surface area contributed by atoms with Gasteiger partial charge in [-0.25, -0.2) is 15.0 Å². The Morgan fingerprint density at radius 2 is 1.77 bits per heavy atom. The standard InChI is InChI=1S/C22H24N6O2/c1-29-19-13-17-18(14-20(19)30-2)27-22(21(26-17)16-5-9-23-10-6-16)25-8-4-12-28-11-3-7-24-15-28/h3,5-7,9-10,13-15H,4,8,11-12H2,1-2H3,(H,25,27). The lowest BCUT2D eigenvalue weighted by Crippen LogP contribution is -2.26. The highest BCUT2D eigenvalue weighted by atomic mass is 16.5. The summed E-state index contributed by atoms with van der Waals surface area (Å²) in [6.07, 6.45) is 10.2. The zero-order chi connectivity index (χ0) is 20.8. The summed E-state index contributed by atoms with van der Waals surface area (Å²) in [6.45, 7) is 2.57. The van der Waals surface area contributed by atoms with Gasteiger partial charge in [0, 0.05) is 55.9 Å². The van der Waals surface area contributed by atoms with Crippen molar-refractivity contribution < 1.29 is 9.47 Å². The third-order valence-electron chi connectivity index (χ3n) is 4.80. The number of ether oxygens (including phenoxy) is 2. The molecule has 30 heavy (non-hydrogen) atoms. The maximum Gasteiger partial charge on any atom is 0.163 e. The van der Waals surface area contributed by atoms with Crippen molar-refractivity contribution in [3.05, 3.63) is 48.9 Å². The summed E-state index contributed by atoms with van der Waals surface area (Å²) in [7, 11) is 3.22. The highest BCUT2D eigenvalue weighted by Gasteiger charge is 2.14. The Morgan fingerprint density at radius 1 is 1.03 bits per heavy atom. The van der Waals surface area contributed by atoms with Gasteiger partial charge in [-0.05, 0) is 24.6 Å². The predicted molar refractivity (Wildman–Crippen MR) is 118 cm³/mol. The Labute approximate surface area is 175 Å². The third-order valence-corrected chi connectivity index (χ3v) is 4.80. The number of nitrogens with zero attached hydrogens (tertiary/aromatic N) is 5. The summed E-state index contributed by atoms with van der Waals surface area (Å²) in [5, 5.41) is 3.45. The van der Waals surface area contributed by atoms with E-state index in [1.807, 2.05) is 42.9 Å². The van der Waals surface area contributed by atoms with Crippen molar-refractivity contribution in [1.82, 2.24) is 19.9 Å². The van der Waals surface area contributed by atoms with Crippen molar-refractivity contribution in [2.45, 2.75) is 6.42 Å². The van der Waals surface area contributed by atoms with Crippen LogP contribution in [0, 0.1) is 0 Å². The number of rotatable bonds is 8. The van der Waals surface area contributed by atoms with Crippen LogP contribution in [0.25, 0.3) is 22.3 Å². The summed E-state index contributed by atoms with van der Waals surface area (Å²) in [5.74, 6) is 1.98. The number of anilines is 1. The second-order valence-corrected chi connectivity index (χ2v) is 6.78. The van der Waals surface area contributed by atoms with Crippen molar-refractivity contribution in [2.24, 2.45) is 4.99 Å². The second-order valence-electron chi connectivity index (χ2n) is 6.78. The molecular formula is C22H24N6O2. The first kappa shape index (κ1) is 19.6. The minimum absolute atomic E-state index is 0.623. The molecule has 0 unspecified atom stereocenters. The molecule has 0 atom stereocenters. The first-order chi connectivity index (χ1) is 14.8. The fourth-order valence-electron chi connectivity index (χ4n) is 3.28.